The lowest BCUT2D eigenvalue weighted by Gasteiger charge is -2.13. The van der Waals surface area contributed by atoms with E-state index in [0.717, 1.165) is 27.6 Å². The molecule has 3 aromatic rings. The highest BCUT2D eigenvalue weighted by atomic mass is 32.2. The molecular formula is C20H23FN4O2S2. The molecule has 2 heterocycles. The van der Waals surface area contributed by atoms with Crippen molar-refractivity contribution in [1.29, 1.82) is 0 Å². The molecule has 0 aliphatic heterocycles. The lowest BCUT2D eigenvalue weighted by molar-refractivity contribution is 0.579. The Morgan fingerprint density at radius 1 is 1.21 bits per heavy atom. The number of halogens is 1. The fourth-order valence-corrected chi connectivity index (χ4v) is 4.37. The number of sulfonamides is 1. The Hall–Kier alpha value is -2.23. The largest absolute Gasteiger partial charge is 0.315 e. The van der Waals surface area contributed by atoms with Crippen molar-refractivity contribution in [3.63, 3.8) is 0 Å². The monoisotopic (exact) mass is 434 g/mol. The van der Waals surface area contributed by atoms with Crippen LogP contribution in [0.3, 0.4) is 0 Å². The van der Waals surface area contributed by atoms with E-state index >= 15 is 0 Å². The molecule has 1 aromatic carbocycles. The van der Waals surface area contributed by atoms with Crippen molar-refractivity contribution < 1.29 is 12.8 Å². The minimum absolute atomic E-state index is 0.0646. The van der Waals surface area contributed by atoms with Crippen molar-refractivity contribution in [1.82, 2.24) is 19.3 Å². The zero-order valence-electron chi connectivity index (χ0n) is 16.5. The smallest absolute Gasteiger partial charge is 0.209 e. The van der Waals surface area contributed by atoms with Gasteiger partial charge in [-0.3, -0.25) is 4.98 Å². The second-order valence-corrected chi connectivity index (χ2v) is 9.83. The van der Waals surface area contributed by atoms with Crippen LogP contribution in [0.5, 0.6) is 0 Å². The third-order valence-electron chi connectivity index (χ3n) is 4.12. The first-order valence-corrected chi connectivity index (χ1v) is 11.8. The number of aromatic nitrogens is 3. The van der Waals surface area contributed by atoms with Gasteiger partial charge in [0.25, 0.3) is 0 Å². The number of benzene rings is 1. The molecule has 0 spiro atoms. The summed E-state index contributed by atoms with van der Waals surface area (Å²) in [5.74, 6) is 0.382. The minimum Gasteiger partial charge on any atom is -0.315 e. The van der Waals surface area contributed by atoms with Gasteiger partial charge < -0.3 is 4.57 Å². The van der Waals surface area contributed by atoms with Gasteiger partial charge in [0.2, 0.25) is 10.0 Å². The third kappa shape index (κ3) is 5.88. The lowest BCUT2D eigenvalue weighted by Crippen LogP contribution is -2.23. The molecule has 3 rings (SSSR count). The molecule has 2 aromatic heterocycles. The molecule has 0 radical (unpaired) electrons. The number of hydrogen-bond donors (Lipinski definition) is 1. The average molecular weight is 435 g/mol. The van der Waals surface area contributed by atoms with E-state index in [1.165, 1.54) is 23.9 Å². The zero-order valence-corrected chi connectivity index (χ0v) is 18.1. The number of nitrogens with zero attached hydrogens (tertiary/aromatic N) is 3. The van der Waals surface area contributed by atoms with Gasteiger partial charge in [0.05, 0.1) is 30.7 Å². The first-order chi connectivity index (χ1) is 13.7. The zero-order chi connectivity index (χ0) is 21.0. The van der Waals surface area contributed by atoms with Gasteiger partial charge >= 0.3 is 0 Å². The van der Waals surface area contributed by atoms with Crippen molar-refractivity contribution in [2.45, 2.75) is 42.8 Å². The standard InChI is InChI=1S/C20H23FN4O2S2/c1-14(2)19-20(28-17-9-6-7-15(21)11-17)25(13-16-8-4-5-10-22-16)18(24-19)12-23-29(3,26)27/h4-11,14,23H,12-13H2,1-3H3. The molecule has 0 saturated carbocycles. The Kier molecular flexibility index (Phi) is 6.71. The number of nitrogens with one attached hydrogen (secondary N) is 1. The van der Waals surface area contributed by atoms with Crippen molar-refractivity contribution >= 4 is 21.8 Å². The summed E-state index contributed by atoms with van der Waals surface area (Å²) in [5.41, 5.74) is 1.65. The number of rotatable bonds is 8. The van der Waals surface area contributed by atoms with E-state index in [0.29, 0.717) is 12.4 Å². The maximum atomic E-state index is 13.7. The molecule has 0 aliphatic rings. The molecule has 29 heavy (non-hydrogen) atoms. The highest BCUT2D eigenvalue weighted by Crippen LogP contribution is 2.35. The first-order valence-electron chi connectivity index (χ1n) is 9.10. The summed E-state index contributed by atoms with van der Waals surface area (Å²) < 4.78 is 41.4. The van der Waals surface area contributed by atoms with Crippen LogP contribution >= 0.6 is 11.8 Å². The van der Waals surface area contributed by atoms with Gasteiger partial charge in [-0.2, -0.15) is 0 Å². The molecule has 0 fully saturated rings. The maximum absolute atomic E-state index is 13.7. The van der Waals surface area contributed by atoms with E-state index in [1.807, 2.05) is 42.7 Å². The maximum Gasteiger partial charge on any atom is 0.209 e. The Labute approximate surface area is 174 Å². The van der Waals surface area contributed by atoms with Crippen LogP contribution in [-0.4, -0.2) is 29.2 Å². The van der Waals surface area contributed by atoms with E-state index in [1.54, 1.807) is 12.3 Å². The van der Waals surface area contributed by atoms with Crippen molar-refractivity contribution in [2.24, 2.45) is 0 Å². The van der Waals surface area contributed by atoms with Crippen LogP contribution in [-0.2, 0) is 23.1 Å². The van der Waals surface area contributed by atoms with Gasteiger partial charge in [0, 0.05) is 11.1 Å². The van der Waals surface area contributed by atoms with Crippen LogP contribution in [0, 0.1) is 5.82 Å². The summed E-state index contributed by atoms with van der Waals surface area (Å²) in [5, 5.41) is 0.849. The summed E-state index contributed by atoms with van der Waals surface area (Å²) in [6.07, 6.45) is 2.83. The summed E-state index contributed by atoms with van der Waals surface area (Å²) in [6, 6.07) is 12.0. The number of imidazole rings is 1. The van der Waals surface area contributed by atoms with E-state index in [9.17, 15) is 12.8 Å². The predicted molar refractivity (Wildman–Crippen MR) is 112 cm³/mol. The fourth-order valence-electron chi connectivity index (χ4n) is 2.78. The van der Waals surface area contributed by atoms with E-state index in [4.69, 9.17) is 4.98 Å². The van der Waals surface area contributed by atoms with Crippen LogP contribution in [0.25, 0.3) is 0 Å². The van der Waals surface area contributed by atoms with E-state index < -0.39 is 10.0 Å². The Balaban J connectivity index is 2.07. The molecule has 0 amide bonds. The highest BCUT2D eigenvalue weighted by molar-refractivity contribution is 7.99. The topological polar surface area (TPSA) is 76.9 Å². The third-order valence-corrected chi connectivity index (χ3v) is 5.90. The summed E-state index contributed by atoms with van der Waals surface area (Å²) in [6.45, 7) is 4.54. The fraction of sp³-hybridized carbons (Fsp3) is 0.300. The molecule has 9 heteroatoms. The highest BCUT2D eigenvalue weighted by Gasteiger charge is 2.21. The van der Waals surface area contributed by atoms with Crippen LogP contribution in [0.15, 0.2) is 58.6 Å². The molecular weight excluding hydrogens is 411 g/mol. The van der Waals surface area contributed by atoms with Gasteiger partial charge in [0.15, 0.2) is 0 Å². The molecule has 0 aliphatic carbocycles. The van der Waals surface area contributed by atoms with Crippen LogP contribution in [0.2, 0.25) is 0 Å². The molecule has 0 atom stereocenters. The average Bonchev–Trinajstić information content (AvgIpc) is 2.98. The minimum atomic E-state index is -3.38. The van der Waals surface area contributed by atoms with Gasteiger partial charge in [-0.05, 0) is 36.2 Å². The predicted octanol–water partition coefficient (Wildman–Crippen LogP) is 3.79. The van der Waals surface area contributed by atoms with Gasteiger partial charge in [-0.15, -0.1) is 0 Å². The van der Waals surface area contributed by atoms with Crippen LogP contribution in [0.4, 0.5) is 4.39 Å². The second-order valence-electron chi connectivity index (χ2n) is 6.93. The van der Waals surface area contributed by atoms with Crippen molar-refractivity contribution in [3.8, 4) is 0 Å². The van der Waals surface area contributed by atoms with Crippen molar-refractivity contribution in [3.05, 3.63) is 71.7 Å². The lowest BCUT2D eigenvalue weighted by atomic mass is 10.1. The first kappa shape index (κ1) is 21.5. The van der Waals surface area contributed by atoms with Crippen LogP contribution < -0.4 is 4.72 Å². The Morgan fingerprint density at radius 3 is 2.62 bits per heavy atom. The van der Waals surface area contributed by atoms with Crippen LogP contribution in [0.1, 0.15) is 37.0 Å². The molecule has 0 unspecified atom stereocenters. The van der Waals surface area contributed by atoms with Gasteiger partial charge in [-0.1, -0.05) is 37.7 Å². The quantitative estimate of drug-likeness (QED) is 0.584. The van der Waals surface area contributed by atoms with E-state index in [-0.39, 0.29) is 18.3 Å². The Morgan fingerprint density at radius 2 is 2.00 bits per heavy atom. The number of hydrogen-bond acceptors (Lipinski definition) is 5. The second kappa shape index (κ2) is 9.06. The molecule has 1 N–H and O–H groups in total. The van der Waals surface area contributed by atoms with E-state index in [2.05, 4.69) is 9.71 Å². The SMILES string of the molecule is CC(C)c1nc(CNS(C)(=O)=O)n(Cc2ccccn2)c1Sc1cccc(F)c1. The number of pyridine rings is 1. The van der Waals surface area contributed by atoms with Gasteiger partial charge in [-0.25, -0.2) is 22.5 Å². The van der Waals surface area contributed by atoms with Gasteiger partial charge in [0.1, 0.15) is 16.7 Å². The molecule has 154 valence electrons. The van der Waals surface area contributed by atoms with Crippen molar-refractivity contribution in [2.75, 3.05) is 6.26 Å². The molecule has 0 saturated heterocycles. The summed E-state index contributed by atoms with van der Waals surface area (Å²) >= 11 is 1.41. The summed E-state index contributed by atoms with van der Waals surface area (Å²) in [4.78, 5) is 9.85. The molecule has 6 nitrogen and oxygen atoms in total. The normalized spacial score (nSPS) is 11.9. The molecule has 0 bridgehead atoms. The summed E-state index contributed by atoms with van der Waals surface area (Å²) in [7, 11) is -3.38. The Bertz CT molecular complexity index is 1080.